The van der Waals surface area contributed by atoms with Gasteiger partial charge in [-0.05, 0) is 85.8 Å². The van der Waals surface area contributed by atoms with Crippen molar-refractivity contribution in [3.8, 4) is 33.4 Å². The monoisotopic (exact) mass is 676 g/mol. The number of hydrogen-bond donors (Lipinski definition) is 0. The fraction of sp³-hybridized carbons (Fsp3) is 0. The summed E-state index contributed by atoms with van der Waals surface area (Å²) < 4.78 is 20.0. The third-order valence-corrected chi connectivity index (χ3v) is 11.1. The minimum atomic E-state index is 0.764. The van der Waals surface area contributed by atoms with E-state index in [1.807, 2.05) is 24.3 Å². The highest BCUT2D eigenvalue weighted by Crippen LogP contribution is 2.49. The van der Waals surface area contributed by atoms with Crippen molar-refractivity contribution in [2.75, 3.05) is 0 Å². The SMILES string of the molecule is c1ccc(-c2c3ccccc3c(-c3cc(-c4cccc5c4oc4c5ccc5c6ccccc6oc54)cc4oc5ccccc5c34)c3ccccc23)cc1. The van der Waals surface area contributed by atoms with E-state index in [1.165, 1.54) is 38.2 Å². The summed E-state index contributed by atoms with van der Waals surface area (Å²) in [6, 6.07) is 60.2. The molecule has 0 saturated carbocycles. The number of para-hydroxylation sites is 3. The lowest BCUT2D eigenvalue weighted by Gasteiger charge is -2.19. The molecule has 0 bridgehead atoms. The molecule has 0 amide bonds. The van der Waals surface area contributed by atoms with Crippen LogP contribution in [0.5, 0.6) is 0 Å². The fourth-order valence-corrected chi connectivity index (χ4v) is 8.81. The Morgan fingerprint density at radius 2 is 0.792 bits per heavy atom. The second kappa shape index (κ2) is 10.7. The molecule has 53 heavy (non-hydrogen) atoms. The predicted molar refractivity (Wildman–Crippen MR) is 220 cm³/mol. The van der Waals surface area contributed by atoms with Gasteiger partial charge in [-0.15, -0.1) is 0 Å². The van der Waals surface area contributed by atoms with Crippen LogP contribution in [0.1, 0.15) is 0 Å². The van der Waals surface area contributed by atoms with Gasteiger partial charge in [-0.3, -0.25) is 0 Å². The summed E-state index contributed by atoms with van der Waals surface area (Å²) in [4.78, 5) is 0. The summed E-state index contributed by atoms with van der Waals surface area (Å²) in [5.41, 5.74) is 11.7. The van der Waals surface area contributed by atoms with Gasteiger partial charge >= 0.3 is 0 Å². The van der Waals surface area contributed by atoms with Gasteiger partial charge in [0.05, 0.1) is 0 Å². The van der Waals surface area contributed by atoms with Crippen LogP contribution in [0.3, 0.4) is 0 Å². The minimum Gasteiger partial charge on any atom is -0.456 e. The second-order valence-electron chi connectivity index (χ2n) is 13.9. The molecule has 0 aliphatic rings. The molecule has 9 aromatic carbocycles. The van der Waals surface area contributed by atoms with Crippen molar-refractivity contribution in [1.29, 1.82) is 0 Å². The molecule has 3 aromatic heterocycles. The van der Waals surface area contributed by atoms with Crippen molar-refractivity contribution in [2.24, 2.45) is 0 Å². The van der Waals surface area contributed by atoms with Crippen molar-refractivity contribution in [3.05, 3.63) is 170 Å². The molecule has 0 atom stereocenters. The first-order chi connectivity index (χ1) is 26.3. The third kappa shape index (κ3) is 3.99. The van der Waals surface area contributed by atoms with Crippen LogP contribution in [0.2, 0.25) is 0 Å². The van der Waals surface area contributed by atoms with Gasteiger partial charge in [0.1, 0.15) is 22.3 Å². The maximum Gasteiger partial charge on any atom is 0.178 e. The van der Waals surface area contributed by atoms with Crippen LogP contribution >= 0.6 is 0 Å². The van der Waals surface area contributed by atoms with Gasteiger partial charge in [-0.2, -0.15) is 0 Å². The fourth-order valence-electron chi connectivity index (χ4n) is 8.81. The molecule has 0 aliphatic carbocycles. The second-order valence-corrected chi connectivity index (χ2v) is 13.9. The molecular formula is C50H28O3. The van der Waals surface area contributed by atoms with Gasteiger partial charge in [0.2, 0.25) is 0 Å². The molecule has 0 unspecified atom stereocenters. The van der Waals surface area contributed by atoms with Gasteiger partial charge in [-0.25, -0.2) is 0 Å². The van der Waals surface area contributed by atoms with Crippen LogP contribution in [-0.2, 0) is 0 Å². The van der Waals surface area contributed by atoms with E-state index in [0.717, 1.165) is 82.5 Å². The topological polar surface area (TPSA) is 39.4 Å². The molecule has 3 heterocycles. The average Bonchev–Trinajstić information content (AvgIpc) is 3.91. The Morgan fingerprint density at radius 3 is 1.51 bits per heavy atom. The zero-order chi connectivity index (χ0) is 34.6. The normalized spacial score (nSPS) is 12.2. The summed E-state index contributed by atoms with van der Waals surface area (Å²) in [7, 11) is 0. The molecule has 12 rings (SSSR count). The molecule has 0 saturated heterocycles. The van der Waals surface area contributed by atoms with Gasteiger partial charge in [-0.1, -0.05) is 133 Å². The summed E-state index contributed by atoms with van der Waals surface area (Å²) in [6.07, 6.45) is 0. The van der Waals surface area contributed by atoms with Gasteiger partial charge in [0.25, 0.3) is 0 Å². The number of fused-ring (bicyclic) bond motifs is 12. The van der Waals surface area contributed by atoms with Crippen LogP contribution in [-0.4, -0.2) is 0 Å². The highest BCUT2D eigenvalue weighted by atomic mass is 16.4. The Balaban J connectivity index is 1.21. The van der Waals surface area contributed by atoms with Crippen LogP contribution in [0.25, 0.3) is 121 Å². The van der Waals surface area contributed by atoms with E-state index in [-0.39, 0.29) is 0 Å². The maximum atomic E-state index is 6.88. The van der Waals surface area contributed by atoms with E-state index in [4.69, 9.17) is 13.3 Å². The number of hydrogen-bond acceptors (Lipinski definition) is 3. The standard InChI is InChI=1S/C50H28O3/c1-2-13-29(14-3-1)45-33-16-4-6-18-35(33)46(36-19-7-5-17-34(36)45)41-27-30(28-44-47(41)40-20-9-11-24-43(40)51-44)31-21-12-22-37-39-26-25-38-32-15-8-10-23-42(32)52-49(38)50(39)53-48(31)37/h1-28H. The molecule has 0 fully saturated rings. The molecule has 3 heteroatoms. The molecule has 0 radical (unpaired) electrons. The smallest absolute Gasteiger partial charge is 0.178 e. The van der Waals surface area contributed by atoms with Crippen molar-refractivity contribution >= 4 is 87.4 Å². The minimum absolute atomic E-state index is 0.764. The Labute approximate surface area is 302 Å². The molecule has 0 N–H and O–H groups in total. The van der Waals surface area contributed by atoms with E-state index in [9.17, 15) is 0 Å². The summed E-state index contributed by atoms with van der Waals surface area (Å²) in [5, 5.41) is 11.2. The first-order valence-corrected chi connectivity index (χ1v) is 18.0. The molecule has 3 nitrogen and oxygen atoms in total. The highest BCUT2D eigenvalue weighted by Gasteiger charge is 2.23. The van der Waals surface area contributed by atoms with E-state index < -0.39 is 0 Å². The van der Waals surface area contributed by atoms with Crippen molar-refractivity contribution in [1.82, 2.24) is 0 Å². The number of benzene rings is 9. The number of furan rings is 3. The molecule has 0 aliphatic heterocycles. The summed E-state index contributed by atoms with van der Waals surface area (Å²) in [6.45, 7) is 0. The lowest BCUT2D eigenvalue weighted by molar-refractivity contribution is 0.634. The average molecular weight is 677 g/mol. The first-order valence-electron chi connectivity index (χ1n) is 18.0. The van der Waals surface area contributed by atoms with Crippen LogP contribution in [0.15, 0.2) is 183 Å². The third-order valence-electron chi connectivity index (χ3n) is 11.1. The lowest BCUT2D eigenvalue weighted by atomic mass is 9.84. The Morgan fingerprint density at radius 1 is 0.264 bits per heavy atom. The van der Waals surface area contributed by atoms with E-state index in [0.29, 0.717) is 0 Å². The molecule has 12 aromatic rings. The van der Waals surface area contributed by atoms with Crippen molar-refractivity contribution in [2.45, 2.75) is 0 Å². The Kier molecular flexibility index (Phi) is 5.77. The summed E-state index contributed by atoms with van der Waals surface area (Å²) >= 11 is 0. The van der Waals surface area contributed by atoms with E-state index in [1.54, 1.807) is 0 Å². The maximum absolute atomic E-state index is 6.88. The van der Waals surface area contributed by atoms with Gasteiger partial charge in [0.15, 0.2) is 11.2 Å². The first kappa shape index (κ1) is 28.6. The van der Waals surface area contributed by atoms with E-state index >= 15 is 0 Å². The largest absolute Gasteiger partial charge is 0.456 e. The zero-order valence-corrected chi connectivity index (χ0v) is 28.4. The lowest BCUT2D eigenvalue weighted by Crippen LogP contribution is -1.92. The Bertz CT molecular complexity index is 3390. The summed E-state index contributed by atoms with van der Waals surface area (Å²) in [5.74, 6) is 0. The molecule has 246 valence electrons. The van der Waals surface area contributed by atoms with Crippen molar-refractivity contribution < 1.29 is 13.3 Å². The quantitative estimate of drug-likeness (QED) is 0.175. The van der Waals surface area contributed by atoms with Crippen LogP contribution < -0.4 is 0 Å². The van der Waals surface area contributed by atoms with Crippen molar-refractivity contribution in [3.63, 3.8) is 0 Å². The highest BCUT2D eigenvalue weighted by molar-refractivity contribution is 6.27. The van der Waals surface area contributed by atoms with Gasteiger partial charge in [0, 0.05) is 37.9 Å². The van der Waals surface area contributed by atoms with E-state index in [2.05, 4.69) is 146 Å². The molecule has 0 spiro atoms. The van der Waals surface area contributed by atoms with Crippen LogP contribution in [0, 0.1) is 0 Å². The molecular weight excluding hydrogens is 649 g/mol. The predicted octanol–water partition coefficient (Wildman–Crippen LogP) is 14.7. The Hall–Kier alpha value is -7.10. The van der Waals surface area contributed by atoms with Gasteiger partial charge < -0.3 is 13.3 Å². The number of rotatable bonds is 3. The van der Waals surface area contributed by atoms with Crippen LogP contribution in [0.4, 0.5) is 0 Å². The zero-order valence-electron chi connectivity index (χ0n) is 28.4.